The highest BCUT2D eigenvalue weighted by Gasteiger charge is 2.13. The van der Waals surface area contributed by atoms with Gasteiger partial charge < -0.3 is 25.4 Å². The summed E-state index contributed by atoms with van der Waals surface area (Å²) in [6.45, 7) is -0.0988. The summed E-state index contributed by atoms with van der Waals surface area (Å²) in [4.78, 5) is 12.0. The van der Waals surface area contributed by atoms with E-state index in [-0.39, 0.29) is 31.1 Å². The Bertz CT molecular complexity index is 645. The van der Waals surface area contributed by atoms with E-state index >= 15 is 0 Å². The van der Waals surface area contributed by atoms with Crippen molar-refractivity contribution in [1.29, 1.82) is 0 Å². The number of hydrogen-bond donors (Lipinski definition) is 4. The van der Waals surface area contributed by atoms with Crippen LogP contribution in [0.4, 0.5) is 5.69 Å². The molecule has 0 saturated heterocycles. The van der Waals surface area contributed by atoms with Crippen molar-refractivity contribution >= 4 is 11.7 Å². The number of esters is 1. The van der Waals surface area contributed by atoms with Crippen LogP contribution in [0.25, 0.3) is 0 Å². The molecule has 2 rings (SSSR count). The summed E-state index contributed by atoms with van der Waals surface area (Å²) < 4.78 is 5.16. The molecule has 6 heteroatoms. The monoisotopic (exact) mass is 317 g/mol. The van der Waals surface area contributed by atoms with E-state index in [1.807, 2.05) is 30.3 Å². The molecule has 0 bridgehead atoms. The van der Waals surface area contributed by atoms with Crippen molar-refractivity contribution in [2.75, 3.05) is 18.5 Å². The Morgan fingerprint density at radius 1 is 1.17 bits per heavy atom. The van der Waals surface area contributed by atoms with E-state index in [2.05, 4.69) is 5.32 Å². The number of hydrogen-bond acceptors (Lipinski definition) is 6. The van der Waals surface area contributed by atoms with Crippen LogP contribution in [-0.2, 0) is 11.3 Å². The maximum atomic E-state index is 12.0. The molecule has 1 atom stereocenters. The van der Waals surface area contributed by atoms with Gasteiger partial charge in [0.05, 0.1) is 12.7 Å². The Labute approximate surface area is 134 Å². The van der Waals surface area contributed by atoms with Gasteiger partial charge in [-0.25, -0.2) is 4.79 Å². The molecule has 0 spiro atoms. The third-order valence-electron chi connectivity index (χ3n) is 3.18. The fraction of sp³-hybridized carbons (Fsp3) is 0.235. The van der Waals surface area contributed by atoms with Crippen molar-refractivity contribution in [3.63, 3.8) is 0 Å². The number of phenolic OH excluding ortho intramolecular Hbond substituents is 1. The van der Waals surface area contributed by atoms with Gasteiger partial charge in [0.1, 0.15) is 17.9 Å². The molecule has 122 valence electrons. The van der Waals surface area contributed by atoms with Gasteiger partial charge >= 0.3 is 5.97 Å². The normalized spacial score (nSPS) is 11.7. The first-order chi connectivity index (χ1) is 11.1. The zero-order chi connectivity index (χ0) is 16.7. The summed E-state index contributed by atoms with van der Waals surface area (Å²) in [6, 6.07) is 13.6. The van der Waals surface area contributed by atoms with Gasteiger partial charge in [0.2, 0.25) is 0 Å². The van der Waals surface area contributed by atoms with Gasteiger partial charge in [-0.2, -0.15) is 0 Å². The average Bonchev–Trinajstić information content (AvgIpc) is 2.58. The number of carbonyl (C=O) groups excluding carboxylic acids is 1. The molecule has 6 nitrogen and oxygen atoms in total. The highest BCUT2D eigenvalue weighted by atomic mass is 16.5. The summed E-state index contributed by atoms with van der Waals surface area (Å²) in [5.41, 5.74) is 1.44. The van der Waals surface area contributed by atoms with Gasteiger partial charge in [-0.3, -0.25) is 0 Å². The van der Waals surface area contributed by atoms with Crippen LogP contribution in [0.3, 0.4) is 0 Å². The second-order valence-electron chi connectivity index (χ2n) is 5.01. The van der Waals surface area contributed by atoms with Gasteiger partial charge in [0.15, 0.2) is 0 Å². The largest absolute Gasteiger partial charge is 0.507 e. The Morgan fingerprint density at radius 2 is 1.91 bits per heavy atom. The highest BCUT2D eigenvalue weighted by Crippen LogP contribution is 2.23. The average molecular weight is 317 g/mol. The topological polar surface area (TPSA) is 99.0 Å². The molecule has 0 amide bonds. The first kappa shape index (κ1) is 16.8. The molecule has 0 aliphatic heterocycles. The van der Waals surface area contributed by atoms with E-state index in [9.17, 15) is 15.0 Å². The first-order valence-corrected chi connectivity index (χ1v) is 7.17. The zero-order valence-electron chi connectivity index (χ0n) is 12.5. The molecule has 0 heterocycles. The van der Waals surface area contributed by atoms with Crippen LogP contribution < -0.4 is 5.32 Å². The Balaban J connectivity index is 1.95. The van der Waals surface area contributed by atoms with Crippen LogP contribution in [0.5, 0.6) is 5.75 Å². The lowest BCUT2D eigenvalue weighted by atomic mass is 10.1. The predicted octanol–water partition coefficient (Wildman–Crippen LogP) is 1.51. The number of rotatable bonds is 7. The van der Waals surface area contributed by atoms with E-state index in [0.29, 0.717) is 5.69 Å². The fourth-order valence-corrected chi connectivity index (χ4v) is 1.92. The van der Waals surface area contributed by atoms with Crippen molar-refractivity contribution in [2.24, 2.45) is 0 Å². The van der Waals surface area contributed by atoms with Crippen LogP contribution in [0.1, 0.15) is 15.9 Å². The van der Waals surface area contributed by atoms with Crippen LogP contribution in [-0.4, -0.2) is 40.5 Å². The third-order valence-corrected chi connectivity index (χ3v) is 3.18. The van der Waals surface area contributed by atoms with Crippen molar-refractivity contribution in [1.82, 2.24) is 0 Å². The predicted molar refractivity (Wildman–Crippen MR) is 85.3 cm³/mol. The highest BCUT2D eigenvalue weighted by molar-refractivity contribution is 5.93. The Kier molecular flexibility index (Phi) is 5.96. The van der Waals surface area contributed by atoms with Crippen LogP contribution >= 0.6 is 0 Å². The lowest BCUT2D eigenvalue weighted by Crippen LogP contribution is -2.22. The van der Waals surface area contributed by atoms with E-state index in [4.69, 9.17) is 9.84 Å². The van der Waals surface area contributed by atoms with E-state index < -0.39 is 12.1 Å². The molecule has 23 heavy (non-hydrogen) atoms. The number of anilines is 1. The smallest absolute Gasteiger partial charge is 0.342 e. The van der Waals surface area contributed by atoms with Crippen LogP contribution in [0.15, 0.2) is 48.5 Å². The van der Waals surface area contributed by atoms with Crippen molar-refractivity contribution in [2.45, 2.75) is 12.7 Å². The van der Waals surface area contributed by atoms with Crippen LogP contribution in [0.2, 0.25) is 0 Å². The number of nitrogens with one attached hydrogen (secondary N) is 1. The summed E-state index contributed by atoms with van der Waals surface area (Å²) in [5, 5.41) is 30.8. The number of carbonyl (C=O) groups is 1. The molecular weight excluding hydrogens is 298 g/mol. The second-order valence-corrected chi connectivity index (χ2v) is 5.01. The van der Waals surface area contributed by atoms with E-state index in [1.54, 1.807) is 6.07 Å². The Hall–Kier alpha value is -2.57. The van der Waals surface area contributed by atoms with Crippen molar-refractivity contribution in [3.05, 3.63) is 59.7 Å². The zero-order valence-corrected chi connectivity index (χ0v) is 12.5. The van der Waals surface area contributed by atoms with Crippen molar-refractivity contribution < 1.29 is 24.9 Å². The second kappa shape index (κ2) is 8.17. The lowest BCUT2D eigenvalue weighted by Gasteiger charge is -2.12. The van der Waals surface area contributed by atoms with E-state index in [1.165, 1.54) is 12.1 Å². The minimum Gasteiger partial charge on any atom is -0.507 e. The lowest BCUT2D eigenvalue weighted by molar-refractivity contribution is 0.0469. The number of aliphatic hydroxyl groups is 2. The Morgan fingerprint density at radius 3 is 2.57 bits per heavy atom. The van der Waals surface area contributed by atoms with Crippen molar-refractivity contribution in [3.8, 4) is 5.75 Å². The number of benzene rings is 2. The number of aromatic hydroxyl groups is 1. The molecule has 4 N–H and O–H groups in total. The molecule has 2 aromatic rings. The molecule has 0 radical (unpaired) electrons. The molecule has 0 aliphatic rings. The molecule has 1 unspecified atom stereocenters. The molecule has 0 aromatic heterocycles. The fourth-order valence-electron chi connectivity index (χ4n) is 1.92. The van der Waals surface area contributed by atoms with Gasteiger partial charge in [0, 0.05) is 18.3 Å². The SMILES string of the molecule is O=C(OCc1ccccc1)c1ccc(NCC(O)CO)cc1O. The van der Waals surface area contributed by atoms with Crippen LogP contribution in [0, 0.1) is 0 Å². The van der Waals surface area contributed by atoms with Gasteiger partial charge in [-0.05, 0) is 17.7 Å². The molecular formula is C17H19NO5. The number of ether oxygens (including phenoxy) is 1. The minimum absolute atomic E-state index is 0.0641. The van der Waals surface area contributed by atoms with Gasteiger partial charge in [0.25, 0.3) is 0 Å². The molecule has 0 aliphatic carbocycles. The van der Waals surface area contributed by atoms with Gasteiger partial charge in [-0.1, -0.05) is 30.3 Å². The summed E-state index contributed by atoms with van der Waals surface area (Å²) in [5.74, 6) is -0.833. The quantitative estimate of drug-likeness (QED) is 0.578. The summed E-state index contributed by atoms with van der Waals surface area (Å²) in [7, 11) is 0. The van der Waals surface area contributed by atoms with E-state index in [0.717, 1.165) is 5.56 Å². The molecule has 2 aromatic carbocycles. The minimum atomic E-state index is -0.896. The maximum absolute atomic E-state index is 12.0. The summed E-state index contributed by atoms with van der Waals surface area (Å²) >= 11 is 0. The molecule has 0 fully saturated rings. The maximum Gasteiger partial charge on any atom is 0.342 e. The first-order valence-electron chi connectivity index (χ1n) is 7.17. The molecule has 0 saturated carbocycles. The van der Waals surface area contributed by atoms with Gasteiger partial charge in [-0.15, -0.1) is 0 Å². The summed E-state index contributed by atoms with van der Waals surface area (Å²) in [6.07, 6.45) is -0.896. The number of aliphatic hydroxyl groups excluding tert-OH is 2. The standard InChI is InChI=1S/C17H19NO5/c19-10-14(20)9-18-13-6-7-15(16(21)8-13)17(22)23-11-12-4-2-1-3-5-12/h1-8,14,18-21H,9-11H2. The third kappa shape index (κ3) is 4.98. The number of phenols is 1.